The Labute approximate surface area is 115 Å². The van der Waals surface area contributed by atoms with Crippen molar-refractivity contribution in [1.29, 1.82) is 0 Å². The topological polar surface area (TPSA) is 41.5 Å². The molecular weight excluding hydrogens is 269 g/mol. The number of methoxy groups -OCH3 is 1. The number of nitrogens with one attached hydrogen (secondary N) is 1. The Morgan fingerprint density at radius 2 is 2.05 bits per heavy atom. The average molecular weight is 282 g/mol. The van der Waals surface area contributed by atoms with E-state index in [1.807, 2.05) is 0 Å². The summed E-state index contributed by atoms with van der Waals surface area (Å²) in [7, 11) is 1.53. The number of aromatic hydroxyl groups is 1. The number of benzene rings is 2. The number of hydrogen-bond donors (Lipinski definition) is 2. The molecule has 0 spiro atoms. The molecule has 2 N–H and O–H groups in total. The van der Waals surface area contributed by atoms with E-state index >= 15 is 0 Å². The quantitative estimate of drug-likeness (QED) is 0.895. The van der Waals surface area contributed by atoms with Gasteiger partial charge in [-0.3, -0.25) is 0 Å². The number of phenolic OH excluding ortho intramolecular Hbond substituents is 1. The average Bonchev–Trinajstić information content (AvgIpc) is 2.36. The van der Waals surface area contributed by atoms with E-state index in [1.54, 1.807) is 18.2 Å². The van der Waals surface area contributed by atoms with Crippen molar-refractivity contribution >= 4 is 17.3 Å². The first kappa shape index (κ1) is 13.5. The molecule has 3 nitrogen and oxygen atoms in total. The monoisotopic (exact) mass is 281 g/mol. The Morgan fingerprint density at radius 3 is 2.68 bits per heavy atom. The Hall–Kier alpha value is -1.94. The summed E-state index contributed by atoms with van der Waals surface area (Å²) in [6, 6.07) is 9.20. The molecule has 0 aliphatic carbocycles. The minimum Gasteiger partial charge on any atom is -0.507 e. The van der Waals surface area contributed by atoms with Crippen LogP contribution in [0.25, 0.3) is 0 Å². The van der Waals surface area contributed by atoms with Gasteiger partial charge in [0.25, 0.3) is 0 Å². The molecule has 0 amide bonds. The molecule has 100 valence electrons. The van der Waals surface area contributed by atoms with Gasteiger partial charge in [0, 0.05) is 28.9 Å². The van der Waals surface area contributed by atoms with E-state index in [1.165, 1.54) is 25.3 Å². The molecule has 0 saturated heterocycles. The number of halogens is 2. The number of rotatable bonds is 4. The summed E-state index contributed by atoms with van der Waals surface area (Å²) in [6.07, 6.45) is 0. The molecule has 0 unspecified atom stereocenters. The molecule has 0 aliphatic rings. The van der Waals surface area contributed by atoms with Gasteiger partial charge in [-0.2, -0.15) is 0 Å². The van der Waals surface area contributed by atoms with Crippen LogP contribution in [0.2, 0.25) is 5.02 Å². The lowest BCUT2D eigenvalue weighted by molar-refractivity contribution is 0.406. The van der Waals surface area contributed by atoms with Gasteiger partial charge in [-0.05, 0) is 30.3 Å². The molecule has 2 aromatic carbocycles. The minimum atomic E-state index is -0.408. The fourth-order valence-corrected chi connectivity index (χ4v) is 1.90. The van der Waals surface area contributed by atoms with E-state index in [0.29, 0.717) is 28.6 Å². The Bertz CT molecular complexity index is 569. The third kappa shape index (κ3) is 3.51. The van der Waals surface area contributed by atoms with E-state index in [0.717, 1.165) is 0 Å². The summed E-state index contributed by atoms with van der Waals surface area (Å²) in [5.74, 6) is 0.290. The van der Waals surface area contributed by atoms with E-state index in [9.17, 15) is 9.50 Å². The van der Waals surface area contributed by atoms with Crippen molar-refractivity contribution < 1.29 is 14.2 Å². The second-order valence-electron chi connectivity index (χ2n) is 4.01. The summed E-state index contributed by atoms with van der Waals surface area (Å²) in [5.41, 5.74) is 1.24. The molecule has 5 heteroatoms. The summed E-state index contributed by atoms with van der Waals surface area (Å²) in [4.78, 5) is 0. The van der Waals surface area contributed by atoms with Crippen LogP contribution in [0.5, 0.6) is 11.5 Å². The lowest BCUT2D eigenvalue weighted by Gasteiger charge is -2.10. The third-order valence-corrected chi connectivity index (χ3v) is 2.86. The highest BCUT2D eigenvalue weighted by molar-refractivity contribution is 6.30. The van der Waals surface area contributed by atoms with Gasteiger partial charge in [-0.1, -0.05) is 11.6 Å². The summed E-state index contributed by atoms with van der Waals surface area (Å²) < 4.78 is 18.1. The van der Waals surface area contributed by atoms with Crippen LogP contribution < -0.4 is 10.1 Å². The van der Waals surface area contributed by atoms with Gasteiger partial charge in [0.15, 0.2) is 0 Å². The van der Waals surface area contributed by atoms with E-state index < -0.39 is 5.82 Å². The van der Waals surface area contributed by atoms with Crippen LogP contribution in [0.3, 0.4) is 0 Å². The van der Waals surface area contributed by atoms with Crippen molar-refractivity contribution in [1.82, 2.24) is 0 Å². The molecule has 0 radical (unpaired) electrons. The second-order valence-corrected chi connectivity index (χ2v) is 4.44. The normalized spacial score (nSPS) is 10.3. The van der Waals surface area contributed by atoms with Gasteiger partial charge >= 0.3 is 0 Å². The number of anilines is 1. The maximum Gasteiger partial charge on any atom is 0.126 e. The highest BCUT2D eigenvalue weighted by Crippen LogP contribution is 2.25. The molecule has 0 heterocycles. The van der Waals surface area contributed by atoms with Crippen LogP contribution in [0, 0.1) is 5.82 Å². The van der Waals surface area contributed by atoms with Gasteiger partial charge in [-0.25, -0.2) is 4.39 Å². The van der Waals surface area contributed by atoms with Crippen molar-refractivity contribution in [3.8, 4) is 11.5 Å². The fourth-order valence-electron chi connectivity index (χ4n) is 1.67. The fraction of sp³-hybridized carbons (Fsp3) is 0.143. The molecule has 0 bridgehead atoms. The van der Waals surface area contributed by atoms with Crippen LogP contribution in [0.1, 0.15) is 5.56 Å². The summed E-state index contributed by atoms with van der Waals surface area (Å²) in [6.45, 7) is 0.357. The van der Waals surface area contributed by atoms with Gasteiger partial charge in [-0.15, -0.1) is 0 Å². The molecule has 0 atom stereocenters. The predicted octanol–water partition coefficient (Wildman–Crippen LogP) is 3.81. The van der Waals surface area contributed by atoms with Gasteiger partial charge < -0.3 is 15.2 Å². The Morgan fingerprint density at radius 1 is 1.26 bits per heavy atom. The zero-order valence-electron chi connectivity index (χ0n) is 10.3. The van der Waals surface area contributed by atoms with Crippen LogP contribution in [0.4, 0.5) is 10.1 Å². The maximum atomic E-state index is 13.1. The van der Waals surface area contributed by atoms with Crippen LogP contribution in [-0.4, -0.2) is 12.2 Å². The number of phenols is 1. The number of hydrogen-bond acceptors (Lipinski definition) is 3. The summed E-state index contributed by atoms with van der Waals surface area (Å²) >= 11 is 5.76. The third-order valence-electron chi connectivity index (χ3n) is 2.64. The second kappa shape index (κ2) is 5.80. The standard InChI is InChI=1S/C14H13ClFNO2/c1-19-13-3-2-9(14(18)7-13)8-17-12-5-10(15)4-11(16)6-12/h2-7,17-18H,8H2,1H3. The molecule has 2 rings (SSSR count). The Kier molecular flexibility index (Phi) is 4.12. The predicted molar refractivity (Wildman–Crippen MR) is 73.4 cm³/mol. The lowest BCUT2D eigenvalue weighted by atomic mass is 10.2. The highest BCUT2D eigenvalue weighted by Gasteiger charge is 2.04. The highest BCUT2D eigenvalue weighted by atomic mass is 35.5. The zero-order valence-corrected chi connectivity index (χ0v) is 11.0. The molecule has 0 saturated carbocycles. The minimum absolute atomic E-state index is 0.120. The molecule has 2 aromatic rings. The van der Waals surface area contributed by atoms with Crippen molar-refractivity contribution in [2.75, 3.05) is 12.4 Å². The van der Waals surface area contributed by atoms with Crippen LogP contribution >= 0.6 is 11.6 Å². The largest absolute Gasteiger partial charge is 0.507 e. The van der Waals surface area contributed by atoms with Crippen molar-refractivity contribution in [2.45, 2.75) is 6.54 Å². The van der Waals surface area contributed by atoms with E-state index in [-0.39, 0.29) is 5.75 Å². The van der Waals surface area contributed by atoms with Crippen molar-refractivity contribution in [3.63, 3.8) is 0 Å². The SMILES string of the molecule is COc1ccc(CNc2cc(F)cc(Cl)c2)c(O)c1. The van der Waals surface area contributed by atoms with Crippen LogP contribution in [-0.2, 0) is 6.54 Å². The van der Waals surface area contributed by atoms with Crippen LogP contribution in [0.15, 0.2) is 36.4 Å². The molecule has 0 aromatic heterocycles. The molecular formula is C14H13ClFNO2. The lowest BCUT2D eigenvalue weighted by Crippen LogP contribution is -2.00. The van der Waals surface area contributed by atoms with E-state index in [2.05, 4.69) is 5.32 Å². The smallest absolute Gasteiger partial charge is 0.126 e. The first-order valence-corrected chi connectivity index (χ1v) is 6.02. The number of ether oxygens (including phenoxy) is 1. The molecule has 0 fully saturated rings. The van der Waals surface area contributed by atoms with Gasteiger partial charge in [0.1, 0.15) is 17.3 Å². The van der Waals surface area contributed by atoms with Gasteiger partial charge in [0.2, 0.25) is 0 Å². The molecule has 19 heavy (non-hydrogen) atoms. The first-order valence-electron chi connectivity index (χ1n) is 5.64. The van der Waals surface area contributed by atoms with Gasteiger partial charge in [0.05, 0.1) is 7.11 Å². The van der Waals surface area contributed by atoms with Crippen molar-refractivity contribution in [2.24, 2.45) is 0 Å². The summed E-state index contributed by atoms with van der Waals surface area (Å²) in [5, 5.41) is 13.1. The Balaban J connectivity index is 2.10. The van der Waals surface area contributed by atoms with E-state index in [4.69, 9.17) is 16.3 Å². The molecule has 0 aliphatic heterocycles. The maximum absolute atomic E-state index is 13.1. The first-order chi connectivity index (χ1) is 9.08. The van der Waals surface area contributed by atoms with Crippen molar-refractivity contribution in [3.05, 3.63) is 52.8 Å². The zero-order chi connectivity index (χ0) is 13.8.